The Morgan fingerprint density at radius 2 is 2.00 bits per heavy atom. The van der Waals surface area contributed by atoms with Gasteiger partial charge in [-0.3, -0.25) is 0 Å². The minimum Gasteiger partial charge on any atom is -0.314 e. The van der Waals surface area contributed by atoms with E-state index in [4.69, 9.17) is 0 Å². The fourth-order valence-corrected chi connectivity index (χ4v) is 2.54. The van der Waals surface area contributed by atoms with Crippen molar-refractivity contribution in [3.8, 4) is 0 Å². The van der Waals surface area contributed by atoms with Crippen LogP contribution in [0.2, 0.25) is 0 Å². The monoisotopic (exact) mass is 329 g/mol. The molecule has 1 nitrogen and oxygen atoms in total. The lowest BCUT2D eigenvalue weighted by molar-refractivity contribution is 0.427. The van der Waals surface area contributed by atoms with Crippen LogP contribution in [0.25, 0.3) is 0 Å². The molecule has 1 rings (SSSR count). The molecule has 0 heterocycles. The summed E-state index contributed by atoms with van der Waals surface area (Å²) < 4.78 is 13.8. The summed E-state index contributed by atoms with van der Waals surface area (Å²) in [6, 6.07) is 5.81. The van der Waals surface area contributed by atoms with Crippen molar-refractivity contribution in [3.63, 3.8) is 0 Å². The average Bonchev–Trinajstić information content (AvgIpc) is 2.37. The van der Waals surface area contributed by atoms with E-state index < -0.39 is 0 Å². The Balaban J connectivity index is 2.61. The predicted octanol–water partition coefficient (Wildman–Crippen LogP) is 4.94. The minimum absolute atomic E-state index is 0.191. The maximum absolute atomic E-state index is 13.2. The lowest BCUT2D eigenvalue weighted by Gasteiger charge is -2.20. The standard InChI is InChI=1S/C16H25BrFN/c1-4-9-19-14(7-5-12(2)3)10-13-6-8-16(18)15(17)11-13/h6,8,11-12,14,19H,4-5,7,9-10H2,1-3H3. The van der Waals surface area contributed by atoms with Gasteiger partial charge in [0, 0.05) is 6.04 Å². The normalized spacial score (nSPS) is 12.9. The third-order valence-electron chi connectivity index (χ3n) is 3.24. The quantitative estimate of drug-likeness (QED) is 0.712. The van der Waals surface area contributed by atoms with Crippen LogP contribution in [0.5, 0.6) is 0 Å². The molecule has 3 heteroatoms. The number of nitrogens with one attached hydrogen (secondary N) is 1. The number of hydrogen-bond donors (Lipinski definition) is 1. The average molecular weight is 330 g/mol. The molecule has 19 heavy (non-hydrogen) atoms. The molecule has 0 fully saturated rings. The third-order valence-corrected chi connectivity index (χ3v) is 3.85. The molecule has 1 atom stereocenters. The third kappa shape index (κ3) is 6.53. The van der Waals surface area contributed by atoms with Gasteiger partial charge in [-0.1, -0.05) is 26.8 Å². The van der Waals surface area contributed by atoms with Gasteiger partial charge >= 0.3 is 0 Å². The second-order valence-corrected chi connectivity index (χ2v) is 6.43. The van der Waals surface area contributed by atoms with E-state index in [1.807, 2.05) is 12.1 Å². The van der Waals surface area contributed by atoms with Crippen LogP contribution in [0.1, 0.15) is 45.6 Å². The summed E-state index contributed by atoms with van der Waals surface area (Å²) >= 11 is 3.26. The Labute approximate surface area is 125 Å². The lowest BCUT2D eigenvalue weighted by atomic mass is 9.97. The van der Waals surface area contributed by atoms with Crippen LogP contribution in [0, 0.1) is 11.7 Å². The zero-order valence-electron chi connectivity index (χ0n) is 12.2. The van der Waals surface area contributed by atoms with Gasteiger partial charge in [-0.2, -0.15) is 0 Å². The molecule has 0 saturated carbocycles. The molecule has 0 saturated heterocycles. The Bertz CT molecular complexity index is 379. The first-order valence-electron chi connectivity index (χ1n) is 7.20. The van der Waals surface area contributed by atoms with Crippen molar-refractivity contribution in [1.29, 1.82) is 0 Å². The molecule has 0 aliphatic heterocycles. The highest BCUT2D eigenvalue weighted by Gasteiger charge is 2.11. The SMILES string of the molecule is CCCNC(CCC(C)C)Cc1ccc(F)c(Br)c1. The first kappa shape index (κ1) is 16.6. The predicted molar refractivity (Wildman–Crippen MR) is 84.0 cm³/mol. The van der Waals surface area contributed by atoms with Gasteiger partial charge in [0.15, 0.2) is 0 Å². The van der Waals surface area contributed by atoms with Crippen molar-refractivity contribution in [2.75, 3.05) is 6.54 Å². The van der Waals surface area contributed by atoms with Crippen LogP contribution in [0.4, 0.5) is 4.39 Å². The van der Waals surface area contributed by atoms with E-state index in [0.717, 1.165) is 25.3 Å². The molecule has 0 aliphatic carbocycles. The molecule has 0 amide bonds. The summed E-state index contributed by atoms with van der Waals surface area (Å²) in [6.07, 6.45) is 4.51. The fraction of sp³-hybridized carbons (Fsp3) is 0.625. The number of hydrogen-bond acceptors (Lipinski definition) is 1. The Kier molecular flexibility index (Phi) is 7.62. The van der Waals surface area contributed by atoms with Gasteiger partial charge in [0.1, 0.15) is 5.82 Å². The summed E-state index contributed by atoms with van der Waals surface area (Å²) in [5.74, 6) is 0.537. The van der Waals surface area contributed by atoms with Gasteiger partial charge in [0.05, 0.1) is 4.47 Å². The summed E-state index contributed by atoms with van der Waals surface area (Å²) in [7, 11) is 0. The molecule has 0 bridgehead atoms. The zero-order chi connectivity index (χ0) is 14.3. The van der Waals surface area contributed by atoms with Crippen LogP contribution in [-0.4, -0.2) is 12.6 Å². The van der Waals surface area contributed by atoms with Gasteiger partial charge in [-0.05, 0) is 71.8 Å². The molecule has 0 aliphatic rings. The summed E-state index contributed by atoms with van der Waals surface area (Å²) in [6.45, 7) is 7.74. The van der Waals surface area contributed by atoms with Crippen LogP contribution in [0.15, 0.2) is 22.7 Å². The van der Waals surface area contributed by atoms with Gasteiger partial charge in [-0.15, -0.1) is 0 Å². The molecule has 1 unspecified atom stereocenters. The summed E-state index contributed by atoms with van der Waals surface area (Å²) in [4.78, 5) is 0. The molecule has 1 aromatic carbocycles. The van der Waals surface area contributed by atoms with Crippen molar-refractivity contribution in [3.05, 3.63) is 34.1 Å². The molecule has 0 radical (unpaired) electrons. The molecule has 108 valence electrons. The molecule has 1 aromatic rings. The number of rotatable bonds is 8. The van der Waals surface area contributed by atoms with Crippen molar-refractivity contribution < 1.29 is 4.39 Å². The van der Waals surface area contributed by atoms with Gasteiger partial charge in [0.25, 0.3) is 0 Å². The van der Waals surface area contributed by atoms with Crippen LogP contribution >= 0.6 is 15.9 Å². The Morgan fingerprint density at radius 1 is 1.26 bits per heavy atom. The Morgan fingerprint density at radius 3 is 2.58 bits per heavy atom. The highest BCUT2D eigenvalue weighted by Crippen LogP contribution is 2.19. The molecule has 0 spiro atoms. The Hall–Kier alpha value is -0.410. The minimum atomic E-state index is -0.191. The number of benzene rings is 1. The van der Waals surface area contributed by atoms with Gasteiger partial charge < -0.3 is 5.32 Å². The molecular formula is C16H25BrFN. The summed E-state index contributed by atoms with van der Waals surface area (Å²) in [5, 5.41) is 3.60. The van der Waals surface area contributed by atoms with Crippen molar-refractivity contribution >= 4 is 15.9 Å². The largest absolute Gasteiger partial charge is 0.314 e. The van der Waals surface area contributed by atoms with Crippen LogP contribution in [-0.2, 0) is 6.42 Å². The van der Waals surface area contributed by atoms with Crippen molar-refractivity contribution in [2.24, 2.45) is 5.92 Å². The second-order valence-electron chi connectivity index (χ2n) is 5.57. The van der Waals surface area contributed by atoms with Crippen LogP contribution < -0.4 is 5.32 Å². The second kappa shape index (κ2) is 8.70. The van der Waals surface area contributed by atoms with E-state index in [1.165, 1.54) is 18.4 Å². The maximum atomic E-state index is 13.2. The van der Waals surface area contributed by atoms with E-state index in [-0.39, 0.29) is 5.82 Å². The molecular weight excluding hydrogens is 305 g/mol. The zero-order valence-corrected chi connectivity index (χ0v) is 13.8. The summed E-state index contributed by atoms with van der Waals surface area (Å²) in [5.41, 5.74) is 1.19. The van der Waals surface area contributed by atoms with Crippen molar-refractivity contribution in [1.82, 2.24) is 5.32 Å². The van der Waals surface area contributed by atoms with E-state index >= 15 is 0 Å². The first-order valence-corrected chi connectivity index (χ1v) is 7.99. The lowest BCUT2D eigenvalue weighted by Crippen LogP contribution is -2.32. The highest BCUT2D eigenvalue weighted by atomic mass is 79.9. The topological polar surface area (TPSA) is 12.0 Å². The molecule has 0 aromatic heterocycles. The van der Waals surface area contributed by atoms with Crippen LogP contribution in [0.3, 0.4) is 0 Å². The van der Waals surface area contributed by atoms with E-state index in [0.29, 0.717) is 10.5 Å². The van der Waals surface area contributed by atoms with Gasteiger partial charge in [-0.25, -0.2) is 4.39 Å². The van der Waals surface area contributed by atoms with E-state index in [2.05, 4.69) is 42.0 Å². The first-order chi connectivity index (χ1) is 9.02. The van der Waals surface area contributed by atoms with E-state index in [9.17, 15) is 4.39 Å². The smallest absolute Gasteiger partial charge is 0.137 e. The number of halogens is 2. The highest BCUT2D eigenvalue weighted by molar-refractivity contribution is 9.10. The van der Waals surface area contributed by atoms with Crippen molar-refractivity contribution in [2.45, 2.75) is 52.5 Å². The maximum Gasteiger partial charge on any atom is 0.137 e. The molecule has 1 N–H and O–H groups in total. The van der Waals surface area contributed by atoms with Gasteiger partial charge in [0.2, 0.25) is 0 Å². The fourth-order valence-electron chi connectivity index (χ4n) is 2.11. The van der Waals surface area contributed by atoms with E-state index in [1.54, 1.807) is 6.07 Å².